The molecule has 45 heavy (non-hydrogen) atoms. The molecule has 5 aromatic rings. The molecule has 3 aromatic carbocycles. The van der Waals surface area contributed by atoms with Gasteiger partial charge in [0.05, 0.1) is 18.0 Å². The number of nitrogens with one attached hydrogen (secondary N) is 3. The highest BCUT2D eigenvalue weighted by molar-refractivity contribution is 6.02. The number of H-pyrrole nitrogens is 1. The molecule has 9 heteroatoms. The predicted molar refractivity (Wildman–Crippen MR) is 179 cm³/mol. The number of benzene rings is 3. The van der Waals surface area contributed by atoms with Crippen molar-refractivity contribution in [2.75, 3.05) is 30.9 Å². The zero-order valence-electron chi connectivity index (χ0n) is 26.0. The molecule has 3 N–H and O–H groups in total. The number of anilines is 2. The highest BCUT2D eigenvalue weighted by Crippen LogP contribution is 2.31. The number of ketones is 1. The van der Waals surface area contributed by atoms with Crippen LogP contribution >= 0.6 is 0 Å². The molecule has 1 fully saturated rings. The van der Waals surface area contributed by atoms with Gasteiger partial charge < -0.3 is 25.3 Å². The van der Waals surface area contributed by atoms with Crippen LogP contribution in [0.2, 0.25) is 0 Å². The van der Waals surface area contributed by atoms with Crippen LogP contribution in [0, 0.1) is 0 Å². The predicted octanol–water partition coefficient (Wildman–Crippen LogP) is 6.47. The Bertz CT molecular complexity index is 1790. The first-order chi connectivity index (χ1) is 21.9. The maximum absolute atomic E-state index is 13.9. The van der Waals surface area contributed by atoms with Crippen molar-refractivity contribution in [2.24, 2.45) is 0 Å². The summed E-state index contributed by atoms with van der Waals surface area (Å²) in [6, 6.07) is 23.3. The Morgan fingerprint density at radius 3 is 2.33 bits per heavy atom. The minimum atomic E-state index is -0.619. The van der Waals surface area contributed by atoms with Crippen molar-refractivity contribution in [3.8, 4) is 5.75 Å². The number of para-hydroxylation sites is 2. The molecule has 232 valence electrons. The quantitative estimate of drug-likeness (QED) is 0.148. The van der Waals surface area contributed by atoms with Crippen molar-refractivity contribution in [3.05, 3.63) is 90.1 Å². The summed E-state index contributed by atoms with van der Waals surface area (Å²) in [5.74, 6) is 1.40. The summed E-state index contributed by atoms with van der Waals surface area (Å²) >= 11 is 0. The van der Waals surface area contributed by atoms with Crippen molar-refractivity contribution >= 4 is 45.3 Å². The fourth-order valence-corrected chi connectivity index (χ4v) is 6.26. The summed E-state index contributed by atoms with van der Waals surface area (Å²) in [5.41, 5.74) is 3.25. The fourth-order valence-electron chi connectivity index (χ4n) is 6.26. The van der Waals surface area contributed by atoms with Gasteiger partial charge in [0, 0.05) is 60.6 Å². The van der Waals surface area contributed by atoms with E-state index in [2.05, 4.69) is 15.6 Å². The average molecular weight is 605 g/mol. The molecule has 0 spiro atoms. The Labute approximate surface area is 263 Å². The van der Waals surface area contributed by atoms with Crippen LogP contribution in [-0.4, -0.2) is 59.4 Å². The van der Waals surface area contributed by atoms with Crippen LogP contribution < -0.4 is 20.3 Å². The number of Topliss-reactive ketones (excluding diaryl/α,β-unsaturated/α-hetero) is 1. The van der Waals surface area contributed by atoms with Gasteiger partial charge in [-0.15, -0.1) is 0 Å². The Balaban J connectivity index is 1.13. The van der Waals surface area contributed by atoms with Crippen LogP contribution in [0.3, 0.4) is 0 Å². The second-order valence-corrected chi connectivity index (χ2v) is 11.9. The van der Waals surface area contributed by atoms with Gasteiger partial charge in [0.15, 0.2) is 5.78 Å². The first-order valence-corrected chi connectivity index (χ1v) is 15.7. The number of aromatic amines is 1. The smallest absolute Gasteiger partial charge is 0.228 e. The van der Waals surface area contributed by atoms with E-state index in [-0.39, 0.29) is 30.2 Å². The standard InChI is InChI=1S/C36H40N6O3/c1-4-45-26-19-13-23(14-20-26)33(43)21-29(30-22-37-31-11-7-5-9-27(30)31)35(44)38-24-15-17-25(18-16-24)39-36-40-32-12-8-6-10-28(32)34(41-36)42(2)3/h5-14,19-20,22,24-25,29,37H,4,15-18,21H2,1-3H3,(H,38,44)(H,39,40,41)/t24-,25+,29?. The minimum absolute atomic E-state index is 0.0266. The van der Waals surface area contributed by atoms with Crippen molar-refractivity contribution < 1.29 is 14.3 Å². The number of aromatic nitrogens is 3. The largest absolute Gasteiger partial charge is 0.494 e. The second kappa shape index (κ2) is 13.4. The summed E-state index contributed by atoms with van der Waals surface area (Å²) < 4.78 is 5.53. The molecule has 6 rings (SSSR count). The lowest BCUT2D eigenvalue weighted by Gasteiger charge is -2.31. The van der Waals surface area contributed by atoms with Gasteiger partial charge in [0.2, 0.25) is 11.9 Å². The SMILES string of the molecule is CCOc1ccc(C(=O)CC(C(=O)N[C@H]2CC[C@@H](Nc3nc(N(C)C)c4ccccc4n3)CC2)c2c[nH]c3ccccc23)cc1. The van der Waals surface area contributed by atoms with Crippen LogP contribution in [0.4, 0.5) is 11.8 Å². The molecular weight excluding hydrogens is 564 g/mol. The van der Waals surface area contributed by atoms with E-state index < -0.39 is 5.92 Å². The number of carbonyl (C=O) groups excluding carboxylic acids is 2. The number of rotatable bonds is 11. The van der Waals surface area contributed by atoms with Gasteiger partial charge >= 0.3 is 0 Å². The second-order valence-electron chi connectivity index (χ2n) is 11.9. The summed E-state index contributed by atoms with van der Waals surface area (Å²) in [6.45, 7) is 2.48. The third-order valence-electron chi connectivity index (χ3n) is 8.60. The highest BCUT2D eigenvalue weighted by Gasteiger charge is 2.30. The lowest BCUT2D eigenvalue weighted by atomic mass is 9.88. The lowest BCUT2D eigenvalue weighted by Crippen LogP contribution is -2.42. The van der Waals surface area contributed by atoms with Gasteiger partial charge in [-0.1, -0.05) is 30.3 Å². The minimum Gasteiger partial charge on any atom is -0.494 e. The zero-order chi connectivity index (χ0) is 31.3. The van der Waals surface area contributed by atoms with Crippen LogP contribution in [0.5, 0.6) is 5.75 Å². The Morgan fingerprint density at radius 2 is 1.60 bits per heavy atom. The van der Waals surface area contributed by atoms with Gasteiger partial charge in [-0.2, -0.15) is 4.98 Å². The molecule has 1 aliphatic carbocycles. The van der Waals surface area contributed by atoms with Gasteiger partial charge in [-0.05, 0) is 80.6 Å². The van der Waals surface area contributed by atoms with Crippen LogP contribution in [0.25, 0.3) is 21.8 Å². The fraction of sp³-hybridized carbons (Fsp3) is 0.333. The maximum Gasteiger partial charge on any atom is 0.228 e. The number of amides is 1. The van der Waals surface area contributed by atoms with E-state index >= 15 is 0 Å². The molecular formula is C36H40N6O3. The molecule has 1 unspecified atom stereocenters. The third-order valence-corrected chi connectivity index (χ3v) is 8.60. The van der Waals surface area contributed by atoms with Gasteiger partial charge in [-0.25, -0.2) is 4.98 Å². The summed E-state index contributed by atoms with van der Waals surface area (Å²) in [6.07, 6.45) is 5.34. The molecule has 0 aliphatic heterocycles. The van der Waals surface area contributed by atoms with E-state index in [4.69, 9.17) is 14.7 Å². The molecule has 0 saturated heterocycles. The molecule has 0 bridgehead atoms. The molecule has 0 radical (unpaired) electrons. The van der Waals surface area contributed by atoms with Crippen molar-refractivity contribution in [2.45, 2.75) is 57.0 Å². The molecule has 2 aromatic heterocycles. The van der Waals surface area contributed by atoms with Crippen molar-refractivity contribution in [1.29, 1.82) is 0 Å². The lowest BCUT2D eigenvalue weighted by molar-refractivity contribution is -0.123. The molecule has 2 heterocycles. The van der Waals surface area contributed by atoms with Gasteiger partial charge in [-0.3, -0.25) is 9.59 Å². The Hall–Kier alpha value is -4.92. The molecule has 9 nitrogen and oxygen atoms in total. The summed E-state index contributed by atoms with van der Waals surface area (Å²) in [5, 5.41) is 8.82. The summed E-state index contributed by atoms with van der Waals surface area (Å²) in [7, 11) is 3.98. The first kappa shape index (κ1) is 30.1. The van der Waals surface area contributed by atoms with E-state index in [1.165, 1.54) is 0 Å². The molecule has 1 saturated carbocycles. The number of fused-ring (bicyclic) bond motifs is 2. The van der Waals surface area contributed by atoms with Crippen LogP contribution in [0.15, 0.2) is 79.0 Å². The van der Waals surface area contributed by atoms with E-state index in [9.17, 15) is 9.59 Å². The molecule has 1 aliphatic rings. The maximum atomic E-state index is 13.9. The Kier molecular flexibility index (Phi) is 8.96. The number of carbonyl (C=O) groups is 2. The zero-order valence-corrected chi connectivity index (χ0v) is 26.0. The number of ether oxygens (including phenoxy) is 1. The van der Waals surface area contributed by atoms with Gasteiger partial charge in [0.1, 0.15) is 11.6 Å². The third kappa shape index (κ3) is 6.77. The van der Waals surface area contributed by atoms with Crippen molar-refractivity contribution in [3.63, 3.8) is 0 Å². The topological polar surface area (TPSA) is 112 Å². The average Bonchev–Trinajstić information content (AvgIpc) is 3.48. The Morgan fingerprint density at radius 1 is 0.911 bits per heavy atom. The van der Waals surface area contributed by atoms with E-state index in [0.717, 1.165) is 64.6 Å². The normalized spacial score (nSPS) is 17.1. The summed E-state index contributed by atoms with van der Waals surface area (Å²) in [4.78, 5) is 42.2. The van der Waals surface area contributed by atoms with Crippen LogP contribution in [-0.2, 0) is 4.79 Å². The van der Waals surface area contributed by atoms with E-state index in [0.29, 0.717) is 18.1 Å². The van der Waals surface area contributed by atoms with Crippen LogP contribution in [0.1, 0.15) is 60.9 Å². The highest BCUT2D eigenvalue weighted by atomic mass is 16.5. The number of hydrogen-bond acceptors (Lipinski definition) is 7. The van der Waals surface area contributed by atoms with Gasteiger partial charge in [0.25, 0.3) is 0 Å². The monoisotopic (exact) mass is 604 g/mol. The van der Waals surface area contributed by atoms with Crippen molar-refractivity contribution in [1.82, 2.24) is 20.3 Å². The van der Waals surface area contributed by atoms with E-state index in [1.807, 2.05) is 80.6 Å². The molecule has 1 atom stereocenters. The molecule has 1 amide bonds. The first-order valence-electron chi connectivity index (χ1n) is 15.7. The number of nitrogens with zero attached hydrogens (tertiary/aromatic N) is 3. The van der Waals surface area contributed by atoms with E-state index in [1.54, 1.807) is 24.3 Å². The number of hydrogen-bond donors (Lipinski definition) is 3.